The van der Waals surface area contributed by atoms with Gasteiger partial charge in [0.05, 0.1) is 18.7 Å². The van der Waals surface area contributed by atoms with Gasteiger partial charge in [0.25, 0.3) is 5.91 Å². The Labute approximate surface area is 171 Å². The van der Waals surface area contributed by atoms with Gasteiger partial charge in [-0.3, -0.25) is 19.8 Å². The van der Waals surface area contributed by atoms with Crippen molar-refractivity contribution in [3.8, 4) is 0 Å². The van der Waals surface area contributed by atoms with E-state index in [2.05, 4.69) is 24.1 Å². The molecule has 0 fully saturated rings. The summed E-state index contributed by atoms with van der Waals surface area (Å²) in [4.78, 5) is 38.0. The molecule has 0 aliphatic carbocycles. The van der Waals surface area contributed by atoms with Crippen LogP contribution in [0.2, 0.25) is 0 Å². The van der Waals surface area contributed by atoms with Crippen molar-refractivity contribution in [3.05, 3.63) is 44.0 Å². The molecule has 0 spiro atoms. The molecule has 1 N–H and O–H groups in total. The topological polar surface area (TPSA) is 115 Å². The van der Waals surface area contributed by atoms with Crippen LogP contribution >= 0.6 is 23.7 Å². The molecule has 0 saturated carbocycles. The van der Waals surface area contributed by atoms with Crippen LogP contribution in [0.3, 0.4) is 0 Å². The number of ether oxygens (including phenoxy) is 1. The first-order valence-corrected chi connectivity index (χ1v) is 9.16. The number of amides is 1. The van der Waals surface area contributed by atoms with Gasteiger partial charge in [0.1, 0.15) is 9.92 Å². The zero-order valence-corrected chi connectivity index (χ0v) is 17.1. The fourth-order valence-electron chi connectivity index (χ4n) is 2.98. The third-order valence-electron chi connectivity index (χ3n) is 4.43. The summed E-state index contributed by atoms with van der Waals surface area (Å²) >= 11 is 1.31. The van der Waals surface area contributed by atoms with Crippen molar-refractivity contribution in [2.24, 2.45) is 0 Å². The van der Waals surface area contributed by atoms with E-state index in [9.17, 15) is 19.7 Å². The Bertz CT molecular complexity index is 907. The standard InChI is InChI=1S/C17H19N3O6S.ClH/c1-9(2)19-7-6-10-12(8-19)27-16(14(10)17(22)25-3)18-15(21)11-4-5-13(26-11)20(23)24;/h4-5,9H,6-8H2,1-3H3,(H,18,21);1H. The van der Waals surface area contributed by atoms with E-state index in [0.29, 0.717) is 29.6 Å². The second kappa shape index (κ2) is 8.72. The Kier molecular flexibility index (Phi) is 6.81. The summed E-state index contributed by atoms with van der Waals surface area (Å²) in [5.74, 6) is -1.90. The van der Waals surface area contributed by atoms with E-state index in [1.165, 1.54) is 24.5 Å². The zero-order chi connectivity index (χ0) is 19.7. The van der Waals surface area contributed by atoms with E-state index in [4.69, 9.17) is 9.15 Å². The minimum atomic E-state index is -0.721. The van der Waals surface area contributed by atoms with Gasteiger partial charge in [0.2, 0.25) is 0 Å². The average molecular weight is 430 g/mol. The van der Waals surface area contributed by atoms with Gasteiger partial charge >= 0.3 is 11.9 Å². The van der Waals surface area contributed by atoms with Gasteiger partial charge in [0.15, 0.2) is 5.76 Å². The van der Waals surface area contributed by atoms with Crippen molar-refractivity contribution in [1.29, 1.82) is 0 Å². The summed E-state index contributed by atoms with van der Waals surface area (Å²) in [5, 5.41) is 13.7. The lowest BCUT2D eigenvalue weighted by Crippen LogP contribution is -2.35. The highest BCUT2D eigenvalue weighted by atomic mass is 35.5. The van der Waals surface area contributed by atoms with Gasteiger partial charge in [-0.25, -0.2) is 4.79 Å². The third kappa shape index (κ3) is 4.18. The Hall–Kier alpha value is -2.43. The number of furan rings is 1. The van der Waals surface area contributed by atoms with Crippen LogP contribution in [0.1, 0.15) is 45.2 Å². The first kappa shape index (κ1) is 21.9. The highest BCUT2D eigenvalue weighted by Crippen LogP contribution is 2.38. The lowest BCUT2D eigenvalue weighted by Gasteiger charge is -2.30. The van der Waals surface area contributed by atoms with Crippen LogP contribution in [-0.2, 0) is 17.7 Å². The molecule has 152 valence electrons. The minimum absolute atomic E-state index is 0. The minimum Gasteiger partial charge on any atom is -0.465 e. The van der Waals surface area contributed by atoms with Crippen LogP contribution in [-0.4, -0.2) is 41.4 Å². The molecule has 0 aromatic carbocycles. The number of anilines is 1. The molecule has 3 rings (SSSR count). The summed E-state index contributed by atoms with van der Waals surface area (Å²) in [5.41, 5.74) is 1.22. The second-order valence-corrected chi connectivity index (χ2v) is 7.47. The summed E-state index contributed by atoms with van der Waals surface area (Å²) in [6, 6.07) is 2.69. The maximum Gasteiger partial charge on any atom is 0.433 e. The Morgan fingerprint density at radius 3 is 2.68 bits per heavy atom. The Morgan fingerprint density at radius 2 is 2.11 bits per heavy atom. The van der Waals surface area contributed by atoms with Gasteiger partial charge in [-0.15, -0.1) is 23.7 Å². The highest BCUT2D eigenvalue weighted by Gasteiger charge is 2.30. The SMILES string of the molecule is COC(=O)c1c(NC(=O)c2ccc([N+](=O)[O-])o2)sc2c1CCN(C(C)C)C2.Cl. The number of carbonyl (C=O) groups is 2. The number of rotatable bonds is 5. The predicted octanol–water partition coefficient (Wildman–Crippen LogP) is 3.48. The molecule has 2 aromatic rings. The molecule has 0 atom stereocenters. The molecule has 2 aromatic heterocycles. The number of nitro groups is 1. The molecule has 1 amide bonds. The van der Waals surface area contributed by atoms with Crippen LogP contribution in [0.4, 0.5) is 10.9 Å². The van der Waals surface area contributed by atoms with Crippen molar-refractivity contribution in [2.75, 3.05) is 19.0 Å². The van der Waals surface area contributed by atoms with Crippen LogP contribution < -0.4 is 5.32 Å². The first-order valence-electron chi connectivity index (χ1n) is 8.34. The van der Waals surface area contributed by atoms with Crippen molar-refractivity contribution in [2.45, 2.75) is 32.9 Å². The number of halogens is 1. The number of thiophene rings is 1. The number of methoxy groups -OCH3 is 1. The quantitative estimate of drug-likeness (QED) is 0.439. The molecule has 11 heteroatoms. The van der Waals surface area contributed by atoms with Crippen LogP contribution in [0.5, 0.6) is 0 Å². The first-order chi connectivity index (χ1) is 12.8. The van der Waals surface area contributed by atoms with E-state index in [1.807, 2.05) is 0 Å². The van der Waals surface area contributed by atoms with Gasteiger partial charge < -0.3 is 14.5 Å². The molecular formula is C17H20ClN3O6S. The van der Waals surface area contributed by atoms with Crippen LogP contribution in [0, 0.1) is 10.1 Å². The van der Waals surface area contributed by atoms with Crippen molar-refractivity contribution < 1.29 is 23.7 Å². The van der Waals surface area contributed by atoms with E-state index < -0.39 is 22.7 Å². The number of fused-ring (bicyclic) bond motifs is 1. The van der Waals surface area contributed by atoms with Gasteiger partial charge in [-0.1, -0.05) is 0 Å². The molecular weight excluding hydrogens is 410 g/mol. The number of nitrogens with zero attached hydrogens (tertiary/aromatic N) is 2. The predicted molar refractivity (Wildman–Crippen MR) is 105 cm³/mol. The molecule has 3 heterocycles. The largest absolute Gasteiger partial charge is 0.465 e. The summed E-state index contributed by atoms with van der Waals surface area (Å²) < 4.78 is 9.81. The molecule has 0 bridgehead atoms. The van der Waals surface area contributed by atoms with E-state index >= 15 is 0 Å². The Morgan fingerprint density at radius 1 is 1.39 bits per heavy atom. The fourth-order valence-corrected chi connectivity index (χ4v) is 4.24. The molecule has 28 heavy (non-hydrogen) atoms. The van der Waals surface area contributed by atoms with Crippen LogP contribution in [0.25, 0.3) is 0 Å². The molecule has 0 radical (unpaired) electrons. The second-order valence-electron chi connectivity index (χ2n) is 6.36. The number of carbonyl (C=O) groups excluding carboxylic acids is 2. The fraction of sp³-hybridized carbons (Fsp3) is 0.412. The van der Waals surface area contributed by atoms with Crippen molar-refractivity contribution in [3.63, 3.8) is 0 Å². The van der Waals surface area contributed by atoms with Crippen LogP contribution in [0.15, 0.2) is 16.5 Å². The third-order valence-corrected chi connectivity index (χ3v) is 5.56. The van der Waals surface area contributed by atoms with E-state index in [-0.39, 0.29) is 18.2 Å². The summed E-state index contributed by atoms with van der Waals surface area (Å²) in [6.07, 6.45) is 0.677. The number of nitrogens with one attached hydrogen (secondary N) is 1. The smallest absolute Gasteiger partial charge is 0.433 e. The number of esters is 1. The van der Waals surface area contributed by atoms with Crippen molar-refractivity contribution in [1.82, 2.24) is 4.90 Å². The van der Waals surface area contributed by atoms with Gasteiger partial charge in [0, 0.05) is 24.0 Å². The molecule has 1 aliphatic rings. The lowest BCUT2D eigenvalue weighted by molar-refractivity contribution is -0.402. The molecule has 1 aliphatic heterocycles. The van der Waals surface area contributed by atoms with E-state index in [1.54, 1.807) is 0 Å². The number of hydrogen-bond donors (Lipinski definition) is 1. The lowest BCUT2D eigenvalue weighted by atomic mass is 10.0. The molecule has 9 nitrogen and oxygen atoms in total. The number of hydrogen-bond acceptors (Lipinski definition) is 8. The monoisotopic (exact) mass is 429 g/mol. The van der Waals surface area contributed by atoms with Crippen molar-refractivity contribution >= 4 is 46.5 Å². The molecule has 0 saturated heterocycles. The Balaban J connectivity index is 0.00000280. The van der Waals surface area contributed by atoms with Gasteiger partial charge in [-0.05, 0) is 31.9 Å². The summed E-state index contributed by atoms with van der Waals surface area (Å²) in [7, 11) is 1.29. The molecule has 0 unspecified atom stereocenters. The maximum atomic E-state index is 12.4. The summed E-state index contributed by atoms with van der Waals surface area (Å²) in [6.45, 7) is 5.70. The highest BCUT2D eigenvalue weighted by molar-refractivity contribution is 7.17. The van der Waals surface area contributed by atoms with E-state index in [0.717, 1.165) is 23.1 Å². The maximum absolute atomic E-state index is 12.4. The zero-order valence-electron chi connectivity index (χ0n) is 15.5. The average Bonchev–Trinajstić information content (AvgIpc) is 3.25. The van der Waals surface area contributed by atoms with Gasteiger partial charge in [-0.2, -0.15) is 0 Å². The normalized spacial score (nSPS) is 13.6.